The van der Waals surface area contributed by atoms with Gasteiger partial charge in [-0.1, -0.05) is 0 Å². The van der Waals surface area contributed by atoms with Crippen LogP contribution in [0.5, 0.6) is 0 Å². The number of ketones is 1. The zero-order valence-corrected chi connectivity index (χ0v) is 17.8. The predicted octanol–water partition coefficient (Wildman–Crippen LogP) is 0.512. The van der Waals surface area contributed by atoms with Crippen molar-refractivity contribution >= 4 is 15.6 Å². The first-order valence-electron chi connectivity index (χ1n) is 7.13. The fourth-order valence-corrected chi connectivity index (χ4v) is 0.504. The largest absolute Gasteiger partial charge is 0.391 e. The molecule has 3 N–H and O–H groups in total. The molecule has 0 rings (SSSR count). The van der Waals surface area contributed by atoms with Crippen molar-refractivity contribution in [3.05, 3.63) is 0 Å². The molecule has 0 fully saturated rings. The van der Waals surface area contributed by atoms with Crippen LogP contribution in [0.4, 0.5) is 0 Å². The molecule has 0 aromatic heterocycles. The molecule has 2 unspecified atom stereocenters. The summed E-state index contributed by atoms with van der Waals surface area (Å²) >= 11 is 0. The van der Waals surface area contributed by atoms with E-state index in [2.05, 4.69) is 14.2 Å². The lowest BCUT2D eigenvalue weighted by molar-refractivity contribution is -0.115. The topological polar surface area (TPSA) is 125 Å². The summed E-state index contributed by atoms with van der Waals surface area (Å²) in [6.07, 6.45) is 2.00. The van der Waals surface area contributed by atoms with E-state index in [4.69, 9.17) is 10.8 Å². The third-order valence-corrected chi connectivity index (χ3v) is 0.837. The molecule has 0 aliphatic heterocycles. The Balaban J connectivity index is -0.0000000641. The summed E-state index contributed by atoms with van der Waals surface area (Å²) in [5.41, 5.74) is 5.28. The number of methoxy groups -OCH3 is 3. The number of hydrogen-bond acceptors (Lipinski definition) is 8. The zero-order chi connectivity index (χ0) is 20.8. The number of ether oxygens (including phenoxy) is 3. The van der Waals surface area contributed by atoms with Crippen molar-refractivity contribution < 1.29 is 32.5 Å². The highest BCUT2D eigenvalue weighted by atomic mass is 32.2. The van der Waals surface area contributed by atoms with Crippen molar-refractivity contribution in [3.8, 4) is 0 Å². The van der Waals surface area contributed by atoms with Gasteiger partial charge in [0, 0.05) is 47.0 Å². The maximum Gasteiger partial charge on any atom is 0.144 e. The summed E-state index contributed by atoms with van der Waals surface area (Å²) < 4.78 is 32.7. The van der Waals surface area contributed by atoms with E-state index >= 15 is 0 Å². The fraction of sp³-hybridized carbons (Fsp3) is 0.933. The highest BCUT2D eigenvalue weighted by Crippen LogP contribution is 1.75. The minimum absolute atomic E-state index is 0.167. The lowest BCUT2D eigenvalue weighted by Crippen LogP contribution is -2.20. The Bertz CT molecular complexity index is 296. The van der Waals surface area contributed by atoms with E-state index in [0.717, 1.165) is 12.5 Å². The number of rotatable bonds is 4. The van der Waals surface area contributed by atoms with Gasteiger partial charge < -0.3 is 29.8 Å². The SMILES string of the molecule is CC(C)=O.COC.COCC(C)N.COCC(C)O.CS(C)(=O)=O. The number of Topliss-reactive ketones (excluding diaryl/α,β-unsaturated/α-hetero) is 1. The molecule has 0 spiro atoms. The fourth-order valence-electron chi connectivity index (χ4n) is 0.504. The van der Waals surface area contributed by atoms with Crippen LogP contribution in [0.15, 0.2) is 0 Å². The summed E-state index contributed by atoms with van der Waals surface area (Å²) in [6, 6.07) is 0.176. The third-order valence-electron chi connectivity index (χ3n) is 0.837. The molecule has 0 aromatic rings. The number of carbonyl (C=O) groups is 1. The Morgan fingerprint density at radius 3 is 1.21 bits per heavy atom. The molecule has 0 heterocycles. The van der Waals surface area contributed by atoms with E-state index in [0.29, 0.717) is 13.2 Å². The minimum Gasteiger partial charge on any atom is -0.391 e. The van der Waals surface area contributed by atoms with Crippen LogP contribution in [0.1, 0.15) is 27.7 Å². The number of aliphatic hydroxyl groups is 1. The molecule has 0 bridgehead atoms. The maximum atomic E-state index is 9.63. The van der Waals surface area contributed by atoms with Crippen LogP contribution < -0.4 is 5.73 Å². The monoisotopic (exact) mass is 377 g/mol. The molecule has 0 aliphatic rings. The second-order valence-electron chi connectivity index (χ2n) is 5.20. The van der Waals surface area contributed by atoms with Gasteiger partial charge >= 0.3 is 0 Å². The van der Waals surface area contributed by atoms with E-state index in [1.807, 2.05) is 6.92 Å². The maximum absolute atomic E-state index is 9.63. The van der Waals surface area contributed by atoms with E-state index in [1.54, 1.807) is 35.4 Å². The Labute approximate surface area is 148 Å². The van der Waals surface area contributed by atoms with Gasteiger partial charge in [0.25, 0.3) is 0 Å². The quantitative estimate of drug-likeness (QED) is 0.726. The van der Waals surface area contributed by atoms with Gasteiger partial charge in [-0.25, -0.2) is 8.42 Å². The lowest BCUT2D eigenvalue weighted by Gasteiger charge is -1.98. The third kappa shape index (κ3) is 304. The van der Waals surface area contributed by atoms with Gasteiger partial charge in [-0.2, -0.15) is 0 Å². The Hall–Kier alpha value is -0.580. The van der Waals surface area contributed by atoms with E-state index in [9.17, 15) is 13.2 Å². The average Bonchev–Trinajstić information content (AvgIpc) is 2.26. The molecular formula is C15H39NO7S. The van der Waals surface area contributed by atoms with Gasteiger partial charge in [0.05, 0.1) is 19.3 Å². The number of nitrogens with two attached hydrogens (primary N) is 1. The number of sulfone groups is 1. The Kier molecular flexibility index (Phi) is 39.4. The van der Waals surface area contributed by atoms with Gasteiger partial charge in [-0.3, -0.25) is 0 Å². The summed E-state index contributed by atoms with van der Waals surface area (Å²) in [7, 11) is 3.79. The highest BCUT2D eigenvalue weighted by molar-refractivity contribution is 7.89. The second-order valence-corrected chi connectivity index (χ2v) is 7.48. The molecule has 0 saturated carbocycles. The van der Waals surface area contributed by atoms with Gasteiger partial charge in [-0.15, -0.1) is 0 Å². The van der Waals surface area contributed by atoms with Crippen LogP contribution >= 0.6 is 0 Å². The smallest absolute Gasteiger partial charge is 0.144 e. The highest BCUT2D eigenvalue weighted by Gasteiger charge is 1.87. The molecule has 0 saturated heterocycles. The zero-order valence-electron chi connectivity index (χ0n) is 17.0. The van der Waals surface area contributed by atoms with Crippen LogP contribution in [0.3, 0.4) is 0 Å². The summed E-state index contributed by atoms with van der Waals surface area (Å²) in [6.45, 7) is 7.73. The summed E-state index contributed by atoms with van der Waals surface area (Å²) in [4.78, 5) is 9.44. The minimum atomic E-state index is -2.67. The second kappa shape index (κ2) is 27.3. The molecule has 24 heavy (non-hydrogen) atoms. The number of hydrogen-bond donors (Lipinski definition) is 2. The van der Waals surface area contributed by atoms with Crippen LogP contribution in [0.2, 0.25) is 0 Å². The molecule has 8 nitrogen and oxygen atoms in total. The first kappa shape index (κ1) is 34.7. The average molecular weight is 378 g/mol. The molecule has 2 atom stereocenters. The molecule has 0 aliphatic carbocycles. The molecule has 0 amide bonds. The lowest BCUT2D eigenvalue weighted by atomic mass is 10.4. The van der Waals surface area contributed by atoms with Gasteiger partial charge in [-0.05, 0) is 27.7 Å². The molecular weight excluding hydrogens is 338 g/mol. The molecule has 9 heteroatoms. The van der Waals surface area contributed by atoms with E-state index < -0.39 is 9.84 Å². The Morgan fingerprint density at radius 1 is 1.00 bits per heavy atom. The summed E-state index contributed by atoms with van der Waals surface area (Å²) in [5.74, 6) is 0.167. The standard InChI is InChI=1S/C4H11NO.C4H10O2.C3H6O.C2H6O2S.C2H6O/c2*1-4(5)3-6-2;1-3(2)4;1-5(2,3)4;1-3-2/h4H,3,5H2,1-2H3;4-5H,3H2,1-2H3;1-2H3;1-2H3;1-2H3. The molecule has 0 radical (unpaired) electrons. The normalized spacial score (nSPS) is 11.5. The van der Waals surface area contributed by atoms with E-state index in [-0.39, 0.29) is 17.9 Å². The van der Waals surface area contributed by atoms with Gasteiger partial charge in [0.1, 0.15) is 15.6 Å². The molecule has 0 aromatic carbocycles. The van der Waals surface area contributed by atoms with E-state index in [1.165, 1.54) is 13.8 Å². The van der Waals surface area contributed by atoms with Crippen molar-refractivity contribution in [1.82, 2.24) is 0 Å². The predicted molar refractivity (Wildman–Crippen MR) is 99.1 cm³/mol. The van der Waals surface area contributed by atoms with Crippen molar-refractivity contribution in [1.29, 1.82) is 0 Å². The van der Waals surface area contributed by atoms with Crippen molar-refractivity contribution in [2.75, 3.05) is 54.2 Å². The van der Waals surface area contributed by atoms with Crippen LogP contribution in [-0.4, -0.2) is 85.6 Å². The van der Waals surface area contributed by atoms with Crippen molar-refractivity contribution in [3.63, 3.8) is 0 Å². The number of aliphatic hydroxyl groups excluding tert-OH is 1. The van der Waals surface area contributed by atoms with Crippen LogP contribution in [-0.2, 0) is 28.8 Å². The van der Waals surface area contributed by atoms with Crippen LogP contribution in [0.25, 0.3) is 0 Å². The first-order valence-corrected chi connectivity index (χ1v) is 9.43. The van der Waals surface area contributed by atoms with Crippen LogP contribution in [0, 0.1) is 0 Å². The number of carbonyl (C=O) groups excluding carboxylic acids is 1. The van der Waals surface area contributed by atoms with Crippen molar-refractivity contribution in [2.45, 2.75) is 39.8 Å². The molecule has 152 valence electrons. The van der Waals surface area contributed by atoms with Crippen molar-refractivity contribution in [2.24, 2.45) is 5.73 Å². The van der Waals surface area contributed by atoms with Gasteiger partial charge in [0.2, 0.25) is 0 Å². The Morgan fingerprint density at radius 2 is 1.21 bits per heavy atom. The first-order chi connectivity index (χ1) is 10.7. The summed E-state index contributed by atoms with van der Waals surface area (Å²) in [5, 5.41) is 8.43. The van der Waals surface area contributed by atoms with Gasteiger partial charge in [0.15, 0.2) is 0 Å².